The summed E-state index contributed by atoms with van der Waals surface area (Å²) < 4.78 is 6.37. The zero-order valence-electron chi connectivity index (χ0n) is 15.4. The molecule has 0 fully saturated rings. The monoisotopic (exact) mass is 300 g/mol. The molecular formula is C21H32O. The summed E-state index contributed by atoms with van der Waals surface area (Å²) in [5.74, 6) is 1.10. The Bertz CT molecular complexity index is 552. The summed E-state index contributed by atoms with van der Waals surface area (Å²) in [6.07, 6.45) is 8.27. The van der Waals surface area contributed by atoms with Gasteiger partial charge in [-0.25, -0.2) is 0 Å². The molecule has 122 valence electrons. The van der Waals surface area contributed by atoms with Gasteiger partial charge < -0.3 is 4.74 Å². The van der Waals surface area contributed by atoms with Gasteiger partial charge in [-0.1, -0.05) is 67.0 Å². The first-order chi connectivity index (χ1) is 10.1. The zero-order chi connectivity index (χ0) is 16.5. The van der Waals surface area contributed by atoms with E-state index in [9.17, 15) is 0 Å². The van der Waals surface area contributed by atoms with Crippen molar-refractivity contribution in [1.29, 1.82) is 0 Å². The van der Waals surface area contributed by atoms with Crippen molar-refractivity contribution in [3.05, 3.63) is 34.9 Å². The second kappa shape index (κ2) is 6.10. The Morgan fingerprint density at radius 3 is 2.23 bits per heavy atom. The number of hydrogen-bond donors (Lipinski definition) is 0. The molecule has 0 aliphatic carbocycles. The molecule has 0 spiro atoms. The second-order valence-electron chi connectivity index (χ2n) is 8.60. The Balaban J connectivity index is 2.48. The van der Waals surface area contributed by atoms with Crippen molar-refractivity contribution < 1.29 is 4.74 Å². The standard InChI is InChI=1S/C21H32O/c1-8-9-10-17-12-11-15-13-16(20(2,3)4)14-18(19(15)22-17)21(5,6)7/h11-14,17H,8-10H2,1-7H3. The van der Waals surface area contributed by atoms with E-state index in [0.29, 0.717) is 0 Å². The highest BCUT2D eigenvalue weighted by atomic mass is 16.5. The molecule has 1 aromatic carbocycles. The van der Waals surface area contributed by atoms with Gasteiger partial charge in [-0.05, 0) is 41.4 Å². The smallest absolute Gasteiger partial charge is 0.131 e. The average molecular weight is 300 g/mol. The van der Waals surface area contributed by atoms with Crippen molar-refractivity contribution >= 4 is 6.08 Å². The largest absolute Gasteiger partial charge is 0.485 e. The maximum Gasteiger partial charge on any atom is 0.131 e. The van der Waals surface area contributed by atoms with E-state index in [0.717, 1.165) is 12.2 Å². The predicted octanol–water partition coefficient (Wildman–Crippen LogP) is 6.25. The van der Waals surface area contributed by atoms with Gasteiger partial charge in [0, 0.05) is 11.1 Å². The molecule has 1 aliphatic heterocycles. The fraction of sp³-hybridized carbons (Fsp3) is 0.619. The third kappa shape index (κ3) is 3.74. The fourth-order valence-corrected chi connectivity index (χ4v) is 2.86. The van der Waals surface area contributed by atoms with Crippen LogP contribution in [-0.2, 0) is 10.8 Å². The second-order valence-corrected chi connectivity index (χ2v) is 8.60. The fourth-order valence-electron chi connectivity index (χ4n) is 2.86. The highest BCUT2D eigenvalue weighted by molar-refractivity contribution is 5.65. The van der Waals surface area contributed by atoms with Gasteiger partial charge in [-0.3, -0.25) is 0 Å². The van der Waals surface area contributed by atoms with Crippen LogP contribution in [0.15, 0.2) is 18.2 Å². The maximum atomic E-state index is 6.37. The average Bonchev–Trinajstić information content (AvgIpc) is 2.41. The molecule has 1 heterocycles. The normalized spacial score (nSPS) is 18.0. The number of hydrogen-bond acceptors (Lipinski definition) is 1. The molecule has 1 unspecified atom stereocenters. The van der Waals surface area contributed by atoms with Crippen LogP contribution >= 0.6 is 0 Å². The first-order valence-corrected chi connectivity index (χ1v) is 8.67. The van der Waals surface area contributed by atoms with Gasteiger partial charge in [-0.2, -0.15) is 0 Å². The van der Waals surface area contributed by atoms with Crippen LogP contribution in [0.4, 0.5) is 0 Å². The minimum absolute atomic E-state index is 0.0891. The Morgan fingerprint density at radius 2 is 1.68 bits per heavy atom. The highest BCUT2D eigenvalue weighted by Crippen LogP contribution is 2.41. The van der Waals surface area contributed by atoms with Gasteiger partial charge in [0.2, 0.25) is 0 Å². The third-order valence-corrected chi connectivity index (χ3v) is 4.39. The van der Waals surface area contributed by atoms with Gasteiger partial charge >= 0.3 is 0 Å². The minimum atomic E-state index is 0.0891. The summed E-state index contributed by atoms with van der Waals surface area (Å²) in [7, 11) is 0. The molecule has 22 heavy (non-hydrogen) atoms. The third-order valence-electron chi connectivity index (χ3n) is 4.39. The number of ether oxygens (including phenoxy) is 1. The van der Waals surface area contributed by atoms with E-state index in [1.807, 2.05) is 0 Å². The van der Waals surface area contributed by atoms with Crippen LogP contribution in [0.3, 0.4) is 0 Å². The number of unbranched alkanes of at least 4 members (excludes halogenated alkanes) is 1. The summed E-state index contributed by atoms with van der Waals surface area (Å²) in [6, 6.07) is 4.66. The first-order valence-electron chi connectivity index (χ1n) is 8.67. The lowest BCUT2D eigenvalue weighted by molar-refractivity contribution is 0.226. The van der Waals surface area contributed by atoms with Crippen molar-refractivity contribution in [3.8, 4) is 5.75 Å². The van der Waals surface area contributed by atoms with Gasteiger partial charge in [0.1, 0.15) is 11.9 Å². The molecule has 2 rings (SSSR count). The lowest BCUT2D eigenvalue weighted by Crippen LogP contribution is -2.23. The summed E-state index contributed by atoms with van der Waals surface area (Å²) in [4.78, 5) is 0. The minimum Gasteiger partial charge on any atom is -0.485 e. The molecular weight excluding hydrogens is 268 g/mol. The van der Waals surface area contributed by atoms with Crippen LogP contribution < -0.4 is 4.74 Å². The Kier molecular flexibility index (Phi) is 4.75. The van der Waals surface area contributed by atoms with Crippen LogP contribution in [0.2, 0.25) is 0 Å². The van der Waals surface area contributed by atoms with Gasteiger partial charge in [-0.15, -0.1) is 0 Å². The Labute approximate surface area is 136 Å². The lowest BCUT2D eigenvalue weighted by Gasteiger charge is -2.32. The van der Waals surface area contributed by atoms with Crippen LogP contribution in [-0.4, -0.2) is 6.10 Å². The Hall–Kier alpha value is -1.24. The van der Waals surface area contributed by atoms with E-state index >= 15 is 0 Å². The number of fused-ring (bicyclic) bond motifs is 1. The van der Waals surface area contributed by atoms with Crippen molar-refractivity contribution in [3.63, 3.8) is 0 Å². The maximum absolute atomic E-state index is 6.37. The van der Waals surface area contributed by atoms with E-state index in [1.165, 1.54) is 29.5 Å². The van der Waals surface area contributed by atoms with E-state index in [4.69, 9.17) is 4.74 Å². The molecule has 0 amide bonds. The summed E-state index contributed by atoms with van der Waals surface area (Å²) >= 11 is 0. The van der Waals surface area contributed by atoms with Crippen LogP contribution in [0, 0.1) is 0 Å². The number of benzene rings is 1. The first kappa shape index (κ1) is 17.1. The molecule has 0 N–H and O–H groups in total. The molecule has 0 aromatic heterocycles. The molecule has 1 aliphatic rings. The molecule has 1 heteroatoms. The van der Waals surface area contributed by atoms with E-state index in [2.05, 4.69) is 72.8 Å². The highest BCUT2D eigenvalue weighted by Gasteiger charge is 2.27. The van der Waals surface area contributed by atoms with Crippen LogP contribution in [0.1, 0.15) is 84.4 Å². The summed E-state index contributed by atoms with van der Waals surface area (Å²) in [5, 5.41) is 0. The molecule has 0 saturated heterocycles. The quantitative estimate of drug-likeness (QED) is 0.641. The molecule has 0 bridgehead atoms. The van der Waals surface area contributed by atoms with Crippen molar-refractivity contribution in [1.82, 2.24) is 0 Å². The predicted molar refractivity (Wildman–Crippen MR) is 96.8 cm³/mol. The SMILES string of the molecule is CCCCC1C=Cc2cc(C(C)(C)C)cc(C(C)(C)C)c2O1. The lowest BCUT2D eigenvalue weighted by atomic mass is 9.78. The molecule has 1 nitrogen and oxygen atoms in total. The van der Waals surface area contributed by atoms with Crippen molar-refractivity contribution in [2.75, 3.05) is 0 Å². The number of rotatable bonds is 3. The van der Waals surface area contributed by atoms with Gasteiger partial charge in [0.05, 0.1) is 0 Å². The van der Waals surface area contributed by atoms with E-state index in [-0.39, 0.29) is 16.9 Å². The zero-order valence-corrected chi connectivity index (χ0v) is 15.4. The van der Waals surface area contributed by atoms with Gasteiger partial charge in [0.25, 0.3) is 0 Å². The van der Waals surface area contributed by atoms with Crippen LogP contribution in [0.5, 0.6) is 5.75 Å². The molecule has 1 atom stereocenters. The Morgan fingerprint density at radius 1 is 1.00 bits per heavy atom. The van der Waals surface area contributed by atoms with Crippen LogP contribution in [0.25, 0.3) is 6.08 Å². The van der Waals surface area contributed by atoms with E-state index in [1.54, 1.807) is 0 Å². The summed E-state index contributed by atoms with van der Waals surface area (Å²) in [6.45, 7) is 15.9. The molecule has 1 aromatic rings. The molecule has 0 saturated carbocycles. The van der Waals surface area contributed by atoms with Crippen molar-refractivity contribution in [2.24, 2.45) is 0 Å². The topological polar surface area (TPSA) is 9.23 Å². The molecule has 0 radical (unpaired) electrons. The summed E-state index contributed by atoms with van der Waals surface area (Å²) in [5.41, 5.74) is 4.20. The van der Waals surface area contributed by atoms with Crippen molar-refractivity contribution in [2.45, 2.75) is 84.7 Å². The van der Waals surface area contributed by atoms with Gasteiger partial charge in [0.15, 0.2) is 0 Å². The van der Waals surface area contributed by atoms with E-state index < -0.39 is 0 Å².